The van der Waals surface area contributed by atoms with Crippen LogP contribution in [-0.4, -0.2) is 56.4 Å². The summed E-state index contributed by atoms with van der Waals surface area (Å²) < 4.78 is 39.4. The molecule has 224 valence electrons. The number of amides is 3. The number of primary amides is 1. The molecule has 42 heavy (non-hydrogen) atoms. The van der Waals surface area contributed by atoms with Gasteiger partial charge >= 0.3 is 6.18 Å². The molecule has 1 saturated heterocycles. The van der Waals surface area contributed by atoms with Crippen molar-refractivity contribution in [3.8, 4) is 0 Å². The molecule has 0 radical (unpaired) electrons. The van der Waals surface area contributed by atoms with E-state index in [1.54, 1.807) is 12.1 Å². The number of aromatic nitrogens is 3. The fraction of sp³-hybridized carbons (Fsp3) is 0.483. The number of likely N-dealkylation sites (tertiary alicyclic amines) is 1. The summed E-state index contributed by atoms with van der Waals surface area (Å²) in [5.74, 6) is -3.06. The first kappa shape index (κ1) is 29.3. The van der Waals surface area contributed by atoms with Gasteiger partial charge in [0.15, 0.2) is 5.69 Å². The van der Waals surface area contributed by atoms with E-state index < -0.39 is 58.6 Å². The average Bonchev–Trinajstić information content (AvgIpc) is 3.44. The molecule has 5 N–H and O–H groups in total. The fourth-order valence-corrected chi connectivity index (χ4v) is 6.23. The van der Waals surface area contributed by atoms with Crippen molar-refractivity contribution in [2.75, 3.05) is 6.54 Å². The van der Waals surface area contributed by atoms with Crippen LogP contribution < -0.4 is 16.6 Å². The van der Waals surface area contributed by atoms with Crippen molar-refractivity contribution in [1.82, 2.24) is 25.4 Å². The van der Waals surface area contributed by atoms with Crippen LogP contribution in [0.2, 0.25) is 0 Å². The Hall–Kier alpha value is -4.16. The van der Waals surface area contributed by atoms with Crippen molar-refractivity contribution in [2.24, 2.45) is 16.6 Å². The quantitative estimate of drug-likeness (QED) is 0.335. The van der Waals surface area contributed by atoms with E-state index >= 15 is 0 Å². The molecule has 3 aromatic rings. The van der Waals surface area contributed by atoms with Crippen LogP contribution in [-0.2, 0) is 27.0 Å². The summed E-state index contributed by atoms with van der Waals surface area (Å²) in [6.07, 6.45) is -3.30. The van der Waals surface area contributed by atoms with Gasteiger partial charge in [0.2, 0.25) is 17.7 Å². The molecule has 3 amide bonds. The lowest BCUT2D eigenvalue weighted by Gasteiger charge is -2.35. The van der Waals surface area contributed by atoms with E-state index in [0.29, 0.717) is 5.52 Å². The van der Waals surface area contributed by atoms with Crippen molar-refractivity contribution in [3.63, 3.8) is 0 Å². The fourth-order valence-electron chi connectivity index (χ4n) is 6.23. The van der Waals surface area contributed by atoms with Gasteiger partial charge in [0.25, 0.3) is 5.56 Å². The van der Waals surface area contributed by atoms with E-state index in [1.807, 2.05) is 32.9 Å². The average molecular weight is 587 g/mol. The number of H-pyrrole nitrogens is 2. The molecule has 5 rings (SSSR count). The first-order chi connectivity index (χ1) is 19.5. The molecule has 2 aliphatic rings. The molecule has 3 atom stereocenters. The van der Waals surface area contributed by atoms with Crippen LogP contribution in [0, 0.1) is 17.8 Å². The summed E-state index contributed by atoms with van der Waals surface area (Å²) in [6, 6.07) is 5.68. The van der Waals surface area contributed by atoms with Gasteiger partial charge in [-0.05, 0) is 61.8 Å². The van der Waals surface area contributed by atoms with Gasteiger partial charge in [0, 0.05) is 35.2 Å². The Kier molecular flexibility index (Phi) is 6.97. The number of nitrogens with zero attached hydrogens (tertiary/aromatic N) is 2. The number of carbonyl (C=O) groups is 3. The molecule has 2 fully saturated rings. The van der Waals surface area contributed by atoms with Gasteiger partial charge in [-0.2, -0.15) is 18.3 Å². The highest BCUT2D eigenvalue weighted by molar-refractivity contribution is 5.94. The second-order valence-electron chi connectivity index (χ2n) is 12.2. The SMILES string of the molecule is Cc1ccc2[nH]c(=O)c(C[C@H](NC(=O)[C@H]3N(C(=O)C(C)c4cc(C(F)(F)F)n[nH]4)CC4(CC4)C3(C)C)C(N)=O)cc2c1. The molecule has 1 spiro atoms. The van der Waals surface area contributed by atoms with Crippen LogP contribution in [0.15, 0.2) is 35.1 Å². The molecule has 3 heterocycles. The Bertz CT molecular complexity index is 1640. The number of fused-ring (bicyclic) bond motifs is 1. The summed E-state index contributed by atoms with van der Waals surface area (Å²) in [5, 5.41) is 9.02. The number of benzene rings is 1. The molecular weight excluding hydrogens is 553 g/mol. The van der Waals surface area contributed by atoms with Crippen molar-refractivity contribution in [2.45, 2.75) is 71.1 Å². The van der Waals surface area contributed by atoms with E-state index in [0.717, 1.165) is 29.9 Å². The van der Waals surface area contributed by atoms with Gasteiger partial charge in [-0.1, -0.05) is 25.5 Å². The molecular formula is C29H33F3N6O4. The lowest BCUT2D eigenvalue weighted by molar-refractivity contribution is -0.142. The molecule has 1 unspecified atom stereocenters. The molecule has 13 heteroatoms. The van der Waals surface area contributed by atoms with E-state index in [1.165, 1.54) is 11.8 Å². The van der Waals surface area contributed by atoms with E-state index in [-0.39, 0.29) is 29.6 Å². The Morgan fingerprint density at radius 1 is 1.19 bits per heavy atom. The summed E-state index contributed by atoms with van der Waals surface area (Å²) in [7, 11) is 0. The van der Waals surface area contributed by atoms with Crippen molar-refractivity contribution >= 4 is 28.6 Å². The molecule has 1 aliphatic heterocycles. The van der Waals surface area contributed by atoms with Crippen molar-refractivity contribution < 1.29 is 27.6 Å². The largest absolute Gasteiger partial charge is 0.435 e. The van der Waals surface area contributed by atoms with Gasteiger partial charge in [0.05, 0.1) is 5.92 Å². The first-order valence-electron chi connectivity index (χ1n) is 13.7. The number of pyridine rings is 1. The van der Waals surface area contributed by atoms with Gasteiger partial charge in [-0.15, -0.1) is 0 Å². The minimum absolute atomic E-state index is 0.0261. The van der Waals surface area contributed by atoms with Crippen molar-refractivity contribution in [3.05, 3.63) is 63.2 Å². The lowest BCUT2D eigenvalue weighted by atomic mass is 9.73. The number of rotatable bonds is 7. The van der Waals surface area contributed by atoms with Gasteiger partial charge in [-0.25, -0.2) is 0 Å². The molecule has 1 aliphatic carbocycles. The molecule has 0 bridgehead atoms. The normalized spacial score (nSPS) is 20.5. The summed E-state index contributed by atoms with van der Waals surface area (Å²) in [6.45, 7) is 7.34. The number of alkyl halides is 3. The number of carbonyl (C=O) groups excluding carboxylic acids is 3. The maximum atomic E-state index is 13.9. The van der Waals surface area contributed by atoms with Crippen LogP contribution in [0.25, 0.3) is 10.9 Å². The number of nitrogens with one attached hydrogen (secondary N) is 3. The predicted molar refractivity (Wildman–Crippen MR) is 147 cm³/mol. The third-order valence-corrected chi connectivity index (χ3v) is 9.11. The number of nitrogens with two attached hydrogens (primary N) is 1. The highest BCUT2D eigenvalue weighted by atomic mass is 19.4. The maximum absolute atomic E-state index is 13.9. The van der Waals surface area contributed by atoms with Gasteiger partial charge in [0.1, 0.15) is 12.1 Å². The number of aryl methyl sites for hydroxylation is 1. The first-order valence-corrected chi connectivity index (χ1v) is 13.7. The van der Waals surface area contributed by atoms with E-state index in [9.17, 15) is 32.3 Å². The van der Waals surface area contributed by atoms with Gasteiger partial charge < -0.3 is 20.9 Å². The second kappa shape index (κ2) is 9.99. The Labute approximate surface area is 239 Å². The molecule has 2 aromatic heterocycles. The van der Waals surface area contributed by atoms with Crippen LogP contribution in [0.5, 0.6) is 0 Å². The summed E-state index contributed by atoms with van der Waals surface area (Å²) in [5.41, 5.74) is 4.86. The minimum atomic E-state index is -4.68. The Balaban J connectivity index is 1.41. The maximum Gasteiger partial charge on any atom is 0.435 e. The minimum Gasteiger partial charge on any atom is -0.368 e. The third kappa shape index (κ3) is 5.05. The Morgan fingerprint density at radius 3 is 2.48 bits per heavy atom. The zero-order valence-electron chi connectivity index (χ0n) is 23.7. The standard InChI is InChI=1S/C29H33F3N6O4/c1-14-5-6-18-16(9-14)10-17(24(40)34-18)11-20(23(33)39)35-25(41)22-27(3,4)28(7-8-28)13-38(22)26(42)15(2)19-12-21(37-36-19)29(30,31)32/h5-6,9-10,12,15,20,22H,7-8,11,13H2,1-4H3,(H2,33,39)(H,34,40)(H,35,41)(H,36,37)/t15?,20-,22+/m0/s1. The predicted octanol–water partition coefficient (Wildman–Crippen LogP) is 2.91. The number of halogens is 3. The number of hydrogen-bond donors (Lipinski definition) is 4. The molecule has 1 aromatic carbocycles. The van der Waals surface area contributed by atoms with Crippen LogP contribution >= 0.6 is 0 Å². The molecule has 10 nitrogen and oxygen atoms in total. The smallest absolute Gasteiger partial charge is 0.368 e. The lowest BCUT2D eigenvalue weighted by Crippen LogP contribution is -2.57. The van der Waals surface area contributed by atoms with E-state index in [2.05, 4.69) is 20.5 Å². The second-order valence-corrected chi connectivity index (χ2v) is 12.2. The molecule has 1 saturated carbocycles. The number of aromatic amines is 2. The van der Waals surface area contributed by atoms with Crippen molar-refractivity contribution in [1.29, 1.82) is 0 Å². The zero-order chi connectivity index (χ0) is 30.8. The monoisotopic (exact) mass is 586 g/mol. The number of hydrogen-bond acceptors (Lipinski definition) is 5. The highest BCUT2D eigenvalue weighted by Crippen LogP contribution is 2.65. The summed E-state index contributed by atoms with van der Waals surface area (Å²) in [4.78, 5) is 57.0. The zero-order valence-corrected chi connectivity index (χ0v) is 23.7. The Morgan fingerprint density at radius 2 is 1.88 bits per heavy atom. The van der Waals surface area contributed by atoms with E-state index in [4.69, 9.17) is 5.73 Å². The highest BCUT2D eigenvalue weighted by Gasteiger charge is 2.67. The topological polar surface area (TPSA) is 154 Å². The third-order valence-electron chi connectivity index (χ3n) is 9.11. The van der Waals surface area contributed by atoms with Crippen LogP contribution in [0.4, 0.5) is 13.2 Å². The van der Waals surface area contributed by atoms with Gasteiger partial charge in [-0.3, -0.25) is 24.3 Å². The van der Waals surface area contributed by atoms with Crippen LogP contribution in [0.1, 0.15) is 62.0 Å². The van der Waals surface area contributed by atoms with Crippen LogP contribution in [0.3, 0.4) is 0 Å². The summed E-state index contributed by atoms with van der Waals surface area (Å²) >= 11 is 0.